The lowest BCUT2D eigenvalue weighted by atomic mass is 10.1. The molecule has 5 nitrogen and oxygen atoms in total. The van der Waals surface area contributed by atoms with E-state index in [1.807, 2.05) is 37.3 Å². The van der Waals surface area contributed by atoms with Gasteiger partial charge >= 0.3 is 0 Å². The van der Waals surface area contributed by atoms with Crippen LogP contribution in [0.5, 0.6) is 0 Å². The molecule has 126 valence electrons. The maximum atomic E-state index is 12.1. The third-order valence-corrected chi connectivity index (χ3v) is 3.93. The molecule has 0 spiro atoms. The molecular formula is C18H19ClN2O3. The van der Waals surface area contributed by atoms with E-state index in [-0.39, 0.29) is 18.4 Å². The summed E-state index contributed by atoms with van der Waals surface area (Å²) in [7, 11) is 0. The van der Waals surface area contributed by atoms with Crippen molar-refractivity contribution in [3.8, 4) is 0 Å². The fraction of sp³-hybridized carbons (Fsp3) is 0.222. The number of halogens is 1. The van der Waals surface area contributed by atoms with Gasteiger partial charge in [0, 0.05) is 16.3 Å². The van der Waals surface area contributed by atoms with Gasteiger partial charge in [0.1, 0.15) is 12.1 Å². The first kappa shape index (κ1) is 18.0. The average molecular weight is 347 g/mol. The van der Waals surface area contributed by atoms with Crippen LogP contribution in [0.3, 0.4) is 0 Å². The van der Waals surface area contributed by atoms with Gasteiger partial charge in [-0.2, -0.15) is 0 Å². The number of aliphatic carboxylic acids is 1. The SMILES string of the molecule is C[C@@H]([NH2+][C@H](CC(=O)Nc1ccc(Cl)cc1)C(=O)[O-])c1ccccc1. The van der Waals surface area contributed by atoms with Crippen LogP contribution in [0.1, 0.15) is 24.9 Å². The summed E-state index contributed by atoms with van der Waals surface area (Å²) in [5.41, 5.74) is 1.56. The summed E-state index contributed by atoms with van der Waals surface area (Å²) in [6, 6.07) is 15.1. The number of rotatable bonds is 7. The van der Waals surface area contributed by atoms with Crippen LogP contribution in [-0.4, -0.2) is 17.9 Å². The smallest absolute Gasteiger partial charge is 0.230 e. The highest BCUT2D eigenvalue weighted by Crippen LogP contribution is 2.13. The van der Waals surface area contributed by atoms with Gasteiger partial charge in [-0.05, 0) is 31.2 Å². The van der Waals surface area contributed by atoms with Crippen LogP contribution in [0.15, 0.2) is 54.6 Å². The van der Waals surface area contributed by atoms with E-state index >= 15 is 0 Å². The number of carboxylic acids is 1. The Kier molecular flexibility index (Phi) is 6.35. The van der Waals surface area contributed by atoms with Crippen LogP contribution in [-0.2, 0) is 9.59 Å². The zero-order valence-corrected chi connectivity index (χ0v) is 14.0. The van der Waals surface area contributed by atoms with Crippen LogP contribution in [0, 0.1) is 0 Å². The van der Waals surface area contributed by atoms with Crippen LogP contribution in [0.2, 0.25) is 5.02 Å². The Morgan fingerprint density at radius 3 is 2.33 bits per heavy atom. The summed E-state index contributed by atoms with van der Waals surface area (Å²) in [5.74, 6) is -1.65. The van der Waals surface area contributed by atoms with Crippen molar-refractivity contribution >= 4 is 29.2 Å². The molecule has 0 aliphatic carbocycles. The van der Waals surface area contributed by atoms with Gasteiger partial charge in [0.15, 0.2) is 0 Å². The Morgan fingerprint density at radius 2 is 1.75 bits per heavy atom. The van der Waals surface area contributed by atoms with Crippen molar-refractivity contribution in [3.63, 3.8) is 0 Å². The zero-order valence-electron chi connectivity index (χ0n) is 13.2. The van der Waals surface area contributed by atoms with Crippen LogP contribution in [0.25, 0.3) is 0 Å². The van der Waals surface area contributed by atoms with Gasteiger partial charge in [0.25, 0.3) is 0 Å². The van der Waals surface area contributed by atoms with Gasteiger partial charge in [0.2, 0.25) is 5.91 Å². The van der Waals surface area contributed by atoms with E-state index in [4.69, 9.17) is 11.6 Å². The summed E-state index contributed by atoms with van der Waals surface area (Å²) < 4.78 is 0. The molecule has 1 amide bonds. The number of amides is 1. The van der Waals surface area contributed by atoms with E-state index in [2.05, 4.69) is 5.32 Å². The van der Waals surface area contributed by atoms with E-state index in [0.29, 0.717) is 10.7 Å². The minimum atomic E-state index is -1.26. The minimum Gasteiger partial charge on any atom is -0.544 e. The Labute approximate surface area is 145 Å². The number of carboxylic acid groups (broad SMARTS) is 1. The molecule has 0 radical (unpaired) electrons. The van der Waals surface area contributed by atoms with Crippen molar-refractivity contribution in [1.29, 1.82) is 0 Å². The first-order valence-electron chi connectivity index (χ1n) is 7.62. The molecule has 0 aliphatic heterocycles. The van der Waals surface area contributed by atoms with Crippen molar-refractivity contribution in [1.82, 2.24) is 0 Å². The third-order valence-electron chi connectivity index (χ3n) is 3.68. The Hall–Kier alpha value is -2.37. The number of benzene rings is 2. The van der Waals surface area contributed by atoms with Gasteiger partial charge in [-0.15, -0.1) is 0 Å². The molecule has 3 N–H and O–H groups in total. The quantitative estimate of drug-likeness (QED) is 0.787. The molecule has 24 heavy (non-hydrogen) atoms. The second-order valence-corrected chi connectivity index (χ2v) is 6.01. The molecule has 0 fully saturated rings. The lowest BCUT2D eigenvalue weighted by molar-refractivity contribution is -0.717. The third kappa shape index (κ3) is 5.37. The molecule has 2 atom stereocenters. The van der Waals surface area contributed by atoms with E-state index in [1.54, 1.807) is 29.6 Å². The average Bonchev–Trinajstić information content (AvgIpc) is 2.57. The van der Waals surface area contributed by atoms with Crippen LogP contribution >= 0.6 is 11.6 Å². The second-order valence-electron chi connectivity index (χ2n) is 5.58. The fourth-order valence-corrected chi connectivity index (χ4v) is 2.52. The molecule has 0 unspecified atom stereocenters. The largest absolute Gasteiger partial charge is 0.544 e. The standard InChI is InChI=1S/C18H19ClN2O3/c1-12(13-5-3-2-4-6-13)20-16(18(23)24)11-17(22)21-15-9-7-14(19)8-10-15/h2-10,12,16,20H,11H2,1H3,(H,21,22)(H,23,24)/t12-,16-/m1/s1. The van der Waals surface area contributed by atoms with Crippen molar-refractivity contribution in [2.24, 2.45) is 0 Å². The van der Waals surface area contributed by atoms with Crippen LogP contribution < -0.4 is 15.7 Å². The lowest BCUT2D eigenvalue weighted by Crippen LogP contribution is -2.93. The number of carbonyl (C=O) groups is 2. The Morgan fingerprint density at radius 1 is 1.12 bits per heavy atom. The molecule has 0 bridgehead atoms. The monoisotopic (exact) mass is 346 g/mol. The molecule has 2 aromatic rings. The predicted octanol–water partition coefficient (Wildman–Crippen LogP) is 1.11. The van der Waals surface area contributed by atoms with Crippen molar-refractivity contribution < 1.29 is 20.0 Å². The molecule has 0 saturated carbocycles. The maximum absolute atomic E-state index is 12.1. The Balaban J connectivity index is 1.96. The molecule has 0 heterocycles. The topological polar surface area (TPSA) is 85.8 Å². The molecular weight excluding hydrogens is 328 g/mol. The summed E-state index contributed by atoms with van der Waals surface area (Å²) >= 11 is 5.79. The highest BCUT2D eigenvalue weighted by molar-refractivity contribution is 6.30. The normalized spacial score (nSPS) is 13.1. The fourth-order valence-electron chi connectivity index (χ4n) is 2.39. The van der Waals surface area contributed by atoms with E-state index < -0.39 is 12.0 Å². The first-order chi connectivity index (χ1) is 11.5. The lowest BCUT2D eigenvalue weighted by Gasteiger charge is -2.21. The first-order valence-corrected chi connectivity index (χ1v) is 7.99. The predicted molar refractivity (Wildman–Crippen MR) is 90.3 cm³/mol. The number of carbonyl (C=O) groups excluding carboxylic acids is 2. The van der Waals surface area contributed by atoms with Crippen molar-refractivity contribution in [2.75, 3.05) is 5.32 Å². The molecule has 6 heteroatoms. The van der Waals surface area contributed by atoms with Gasteiger partial charge in [-0.25, -0.2) is 0 Å². The zero-order chi connectivity index (χ0) is 17.5. The number of anilines is 1. The maximum Gasteiger partial charge on any atom is 0.230 e. The molecule has 2 rings (SSSR count). The molecule has 0 aliphatic rings. The summed E-state index contributed by atoms with van der Waals surface area (Å²) in [5, 5.41) is 16.2. The number of hydrogen-bond donors (Lipinski definition) is 2. The van der Waals surface area contributed by atoms with Gasteiger partial charge in [-0.3, -0.25) is 4.79 Å². The number of hydrogen-bond acceptors (Lipinski definition) is 3. The van der Waals surface area contributed by atoms with Crippen molar-refractivity contribution in [2.45, 2.75) is 25.4 Å². The van der Waals surface area contributed by atoms with Gasteiger partial charge in [0.05, 0.1) is 12.4 Å². The number of nitrogens with two attached hydrogens (primary N) is 1. The van der Waals surface area contributed by atoms with Gasteiger partial charge < -0.3 is 20.5 Å². The van der Waals surface area contributed by atoms with E-state index in [9.17, 15) is 14.7 Å². The minimum absolute atomic E-state index is 0.0996. The highest BCUT2D eigenvalue weighted by Gasteiger charge is 2.22. The Bertz CT molecular complexity index is 689. The number of quaternary nitrogens is 1. The molecule has 0 saturated heterocycles. The van der Waals surface area contributed by atoms with E-state index in [0.717, 1.165) is 5.56 Å². The molecule has 2 aromatic carbocycles. The van der Waals surface area contributed by atoms with Crippen LogP contribution in [0.4, 0.5) is 5.69 Å². The van der Waals surface area contributed by atoms with Gasteiger partial charge in [-0.1, -0.05) is 41.9 Å². The summed E-state index contributed by atoms with van der Waals surface area (Å²) in [6.45, 7) is 1.89. The van der Waals surface area contributed by atoms with Crippen molar-refractivity contribution in [3.05, 3.63) is 65.2 Å². The number of nitrogens with one attached hydrogen (secondary N) is 1. The summed E-state index contributed by atoms with van der Waals surface area (Å²) in [6.07, 6.45) is -0.178. The highest BCUT2D eigenvalue weighted by atomic mass is 35.5. The summed E-state index contributed by atoms with van der Waals surface area (Å²) in [4.78, 5) is 23.4. The van der Waals surface area contributed by atoms with E-state index in [1.165, 1.54) is 0 Å². The second kappa shape index (κ2) is 8.47. The molecule has 0 aromatic heterocycles.